The number of hydrogen-bond acceptors (Lipinski definition) is 3. The van der Waals surface area contributed by atoms with Gasteiger partial charge >= 0.3 is 0 Å². The van der Waals surface area contributed by atoms with Gasteiger partial charge in [0.15, 0.2) is 0 Å². The van der Waals surface area contributed by atoms with Crippen molar-refractivity contribution in [1.29, 1.82) is 0 Å². The van der Waals surface area contributed by atoms with Crippen LogP contribution in [0, 0.1) is 6.92 Å². The summed E-state index contributed by atoms with van der Waals surface area (Å²) >= 11 is 5.92. The highest BCUT2D eigenvalue weighted by Gasteiger charge is 2.14. The summed E-state index contributed by atoms with van der Waals surface area (Å²) in [5, 5.41) is 0.644. The van der Waals surface area contributed by atoms with Crippen molar-refractivity contribution in [3.05, 3.63) is 58.9 Å². The van der Waals surface area contributed by atoms with Gasteiger partial charge < -0.3 is 4.98 Å². The molecule has 2 aromatic carbocycles. The number of rotatable bonds is 5. The first-order valence-corrected chi connectivity index (χ1v) is 9.01. The lowest BCUT2D eigenvalue weighted by molar-refractivity contribution is 0.582. The molecule has 3 aromatic rings. The third-order valence-electron chi connectivity index (χ3n) is 3.48. The minimum absolute atomic E-state index is 0.222. The van der Waals surface area contributed by atoms with Gasteiger partial charge in [-0.25, -0.2) is 18.1 Å². The summed E-state index contributed by atoms with van der Waals surface area (Å²) in [7, 11) is -3.55. The first-order valence-electron chi connectivity index (χ1n) is 7.14. The standard InChI is InChI=1S/C16H16ClN3O2S/c1-11-19-15-6-5-14(10-16(15)20-11)23(21,22)18-8-7-12-3-2-4-13(17)9-12/h2-6,9-10,18H,7-8H2,1H3,(H,19,20). The average Bonchev–Trinajstić information content (AvgIpc) is 2.86. The van der Waals surface area contributed by atoms with Gasteiger partial charge in [-0.15, -0.1) is 0 Å². The van der Waals surface area contributed by atoms with E-state index in [9.17, 15) is 8.42 Å². The van der Waals surface area contributed by atoms with Crippen molar-refractivity contribution < 1.29 is 8.42 Å². The summed E-state index contributed by atoms with van der Waals surface area (Å²) in [4.78, 5) is 7.53. The summed E-state index contributed by atoms with van der Waals surface area (Å²) in [6, 6.07) is 12.2. The number of aromatic amines is 1. The highest BCUT2D eigenvalue weighted by Crippen LogP contribution is 2.17. The molecule has 0 fully saturated rings. The zero-order valence-corrected chi connectivity index (χ0v) is 14.1. The molecule has 120 valence electrons. The van der Waals surface area contributed by atoms with Gasteiger partial charge in [0.25, 0.3) is 0 Å². The van der Waals surface area contributed by atoms with Crippen LogP contribution < -0.4 is 4.72 Å². The zero-order valence-electron chi connectivity index (χ0n) is 12.5. The first-order chi connectivity index (χ1) is 10.9. The molecule has 1 heterocycles. The van der Waals surface area contributed by atoms with Gasteiger partial charge in [0.2, 0.25) is 10.0 Å². The molecule has 2 N–H and O–H groups in total. The summed E-state index contributed by atoms with van der Waals surface area (Å²) in [6.07, 6.45) is 0.575. The van der Waals surface area contributed by atoms with E-state index in [1.165, 1.54) is 0 Å². The Bertz CT molecular complexity index is 951. The molecular formula is C16H16ClN3O2S. The Hall–Kier alpha value is -1.89. The Morgan fingerprint density at radius 3 is 2.83 bits per heavy atom. The molecule has 0 unspecified atom stereocenters. The van der Waals surface area contributed by atoms with Crippen LogP contribution in [0.5, 0.6) is 0 Å². The quantitative estimate of drug-likeness (QED) is 0.743. The molecule has 0 amide bonds. The number of nitrogens with zero attached hydrogens (tertiary/aromatic N) is 1. The van der Waals surface area contributed by atoms with Gasteiger partial charge in [-0.2, -0.15) is 0 Å². The van der Waals surface area contributed by atoms with Crippen LogP contribution in [0.1, 0.15) is 11.4 Å². The molecule has 0 aliphatic carbocycles. The Morgan fingerprint density at radius 1 is 1.22 bits per heavy atom. The maximum atomic E-state index is 12.4. The van der Waals surface area contributed by atoms with E-state index in [-0.39, 0.29) is 4.90 Å². The normalized spacial score (nSPS) is 11.9. The molecule has 0 aliphatic rings. The van der Waals surface area contributed by atoms with Crippen LogP contribution >= 0.6 is 11.6 Å². The van der Waals surface area contributed by atoms with Gasteiger partial charge in [0.05, 0.1) is 15.9 Å². The van der Waals surface area contributed by atoms with Crippen molar-refractivity contribution in [3.63, 3.8) is 0 Å². The van der Waals surface area contributed by atoms with Crippen LogP contribution in [0.25, 0.3) is 11.0 Å². The van der Waals surface area contributed by atoms with E-state index in [1.807, 2.05) is 25.1 Å². The zero-order chi connectivity index (χ0) is 16.4. The highest BCUT2D eigenvalue weighted by atomic mass is 35.5. The third-order valence-corrected chi connectivity index (χ3v) is 5.17. The van der Waals surface area contributed by atoms with Crippen LogP contribution in [-0.2, 0) is 16.4 Å². The van der Waals surface area contributed by atoms with E-state index < -0.39 is 10.0 Å². The van der Waals surface area contributed by atoms with E-state index in [0.29, 0.717) is 23.5 Å². The third kappa shape index (κ3) is 3.72. The Kier molecular flexibility index (Phi) is 4.39. The summed E-state index contributed by atoms with van der Waals surface area (Å²) < 4.78 is 27.3. The maximum absolute atomic E-state index is 12.4. The summed E-state index contributed by atoms with van der Waals surface area (Å²) in [5.74, 6) is 0.753. The van der Waals surface area contributed by atoms with Gasteiger partial charge in [-0.05, 0) is 49.2 Å². The molecule has 7 heteroatoms. The number of sulfonamides is 1. The van der Waals surface area contributed by atoms with Crippen molar-refractivity contribution in [2.75, 3.05) is 6.54 Å². The van der Waals surface area contributed by atoms with Crippen LogP contribution in [0.3, 0.4) is 0 Å². The monoisotopic (exact) mass is 349 g/mol. The van der Waals surface area contributed by atoms with Crippen molar-refractivity contribution >= 4 is 32.7 Å². The molecular weight excluding hydrogens is 334 g/mol. The summed E-state index contributed by atoms with van der Waals surface area (Å²) in [6.45, 7) is 2.14. The number of hydrogen-bond donors (Lipinski definition) is 2. The fraction of sp³-hybridized carbons (Fsp3) is 0.188. The number of nitrogens with one attached hydrogen (secondary N) is 2. The van der Waals surface area contributed by atoms with E-state index in [2.05, 4.69) is 14.7 Å². The lowest BCUT2D eigenvalue weighted by Crippen LogP contribution is -2.26. The van der Waals surface area contributed by atoms with Crippen molar-refractivity contribution in [2.45, 2.75) is 18.2 Å². The lowest BCUT2D eigenvalue weighted by Gasteiger charge is -2.07. The molecule has 0 atom stereocenters. The number of imidazole rings is 1. The van der Waals surface area contributed by atoms with Crippen LogP contribution in [0.15, 0.2) is 47.4 Å². The molecule has 0 aliphatic heterocycles. The molecule has 3 rings (SSSR count). The Balaban J connectivity index is 1.72. The average molecular weight is 350 g/mol. The second kappa shape index (κ2) is 6.31. The predicted molar refractivity (Wildman–Crippen MR) is 91.2 cm³/mol. The van der Waals surface area contributed by atoms with Gasteiger partial charge in [-0.1, -0.05) is 23.7 Å². The SMILES string of the molecule is Cc1nc2ccc(S(=O)(=O)NCCc3cccc(Cl)c3)cc2[nH]1. The van der Waals surface area contributed by atoms with Crippen molar-refractivity contribution in [1.82, 2.24) is 14.7 Å². The van der Waals surface area contributed by atoms with Crippen molar-refractivity contribution in [2.24, 2.45) is 0 Å². The highest BCUT2D eigenvalue weighted by molar-refractivity contribution is 7.89. The molecule has 0 saturated heterocycles. The summed E-state index contributed by atoms with van der Waals surface area (Å²) in [5.41, 5.74) is 2.44. The second-order valence-electron chi connectivity index (χ2n) is 5.28. The molecule has 1 aromatic heterocycles. The second-order valence-corrected chi connectivity index (χ2v) is 7.48. The number of H-pyrrole nitrogens is 1. The Morgan fingerprint density at radius 2 is 2.04 bits per heavy atom. The van der Waals surface area contributed by atoms with E-state index in [4.69, 9.17) is 11.6 Å². The van der Waals surface area contributed by atoms with E-state index in [0.717, 1.165) is 16.9 Å². The van der Waals surface area contributed by atoms with E-state index in [1.54, 1.807) is 24.3 Å². The Labute approximate surface area is 139 Å². The maximum Gasteiger partial charge on any atom is 0.240 e. The molecule has 0 spiro atoms. The number of halogens is 1. The van der Waals surface area contributed by atoms with Crippen LogP contribution in [0.2, 0.25) is 5.02 Å². The number of aromatic nitrogens is 2. The van der Waals surface area contributed by atoms with E-state index >= 15 is 0 Å². The number of aryl methyl sites for hydroxylation is 1. The van der Waals surface area contributed by atoms with Crippen LogP contribution in [0.4, 0.5) is 0 Å². The van der Waals surface area contributed by atoms with Gasteiger partial charge in [0, 0.05) is 11.6 Å². The minimum atomic E-state index is -3.55. The smallest absolute Gasteiger partial charge is 0.240 e. The number of fused-ring (bicyclic) bond motifs is 1. The molecule has 0 radical (unpaired) electrons. The minimum Gasteiger partial charge on any atom is -0.342 e. The predicted octanol–water partition coefficient (Wildman–Crippen LogP) is 3.05. The first kappa shape index (κ1) is 16.0. The lowest BCUT2D eigenvalue weighted by atomic mass is 10.2. The number of benzene rings is 2. The fourth-order valence-corrected chi connectivity index (χ4v) is 3.66. The molecule has 0 saturated carbocycles. The van der Waals surface area contributed by atoms with Gasteiger partial charge in [0.1, 0.15) is 5.82 Å². The largest absolute Gasteiger partial charge is 0.342 e. The molecule has 0 bridgehead atoms. The molecule has 23 heavy (non-hydrogen) atoms. The fourth-order valence-electron chi connectivity index (χ4n) is 2.39. The molecule has 5 nitrogen and oxygen atoms in total. The van der Waals surface area contributed by atoms with Crippen LogP contribution in [-0.4, -0.2) is 24.9 Å². The van der Waals surface area contributed by atoms with Crippen molar-refractivity contribution in [3.8, 4) is 0 Å². The van der Waals surface area contributed by atoms with Gasteiger partial charge in [-0.3, -0.25) is 0 Å². The topological polar surface area (TPSA) is 74.8 Å².